The lowest BCUT2D eigenvalue weighted by Gasteiger charge is -2.20. The number of hydrogen-bond acceptors (Lipinski definition) is 4. The molecule has 0 bridgehead atoms. The molecule has 0 aliphatic rings. The van der Waals surface area contributed by atoms with E-state index in [1.807, 2.05) is 6.07 Å². The second-order valence-electron chi connectivity index (χ2n) is 4.27. The summed E-state index contributed by atoms with van der Waals surface area (Å²) in [7, 11) is 0. The molecule has 20 heavy (non-hydrogen) atoms. The fourth-order valence-corrected chi connectivity index (χ4v) is 2.95. The van der Waals surface area contributed by atoms with Gasteiger partial charge >= 0.3 is 0 Å². The number of aliphatic hydroxyl groups excluding tert-OH is 1. The van der Waals surface area contributed by atoms with E-state index < -0.39 is 23.5 Å². The highest BCUT2D eigenvalue weighted by Gasteiger charge is 2.28. The summed E-state index contributed by atoms with van der Waals surface area (Å²) in [5, 5.41) is 18.5. The van der Waals surface area contributed by atoms with Crippen LogP contribution in [0.4, 0.5) is 8.78 Å². The highest BCUT2D eigenvalue weighted by atomic mass is 32.1. The van der Waals surface area contributed by atoms with E-state index >= 15 is 0 Å². The fourth-order valence-electron chi connectivity index (χ4n) is 2.16. The van der Waals surface area contributed by atoms with Gasteiger partial charge < -0.3 is 5.11 Å². The van der Waals surface area contributed by atoms with Crippen molar-refractivity contribution in [3.8, 4) is 6.07 Å². The summed E-state index contributed by atoms with van der Waals surface area (Å²) in [6.07, 6.45) is 1.88. The smallest absolute Gasteiger partial charge is 0.163 e. The van der Waals surface area contributed by atoms with Crippen molar-refractivity contribution < 1.29 is 13.9 Å². The number of aromatic nitrogens is 1. The van der Waals surface area contributed by atoms with Gasteiger partial charge in [0, 0.05) is 29.2 Å². The lowest BCUT2D eigenvalue weighted by molar-refractivity contribution is 0.272. The maximum absolute atomic E-state index is 13.9. The predicted octanol–water partition coefficient (Wildman–Crippen LogP) is 3.19. The molecule has 0 spiro atoms. The van der Waals surface area contributed by atoms with Crippen LogP contribution in [0, 0.1) is 23.0 Å². The average molecular weight is 294 g/mol. The number of nitrogens with zero attached hydrogens (tertiary/aromatic N) is 2. The lowest BCUT2D eigenvalue weighted by Crippen LogP contribution is -2.13. The maximum Gasteiger partial charge on any atom is 0.163 e. The third kappa shape index (κ3) is 2.84. The molecule has 0 radical (unpaired) electrons. The van der Waals surface area contributed by atoms with Gasteiger partial charge in [0.15, 0.2) is 11.6 Å². The van der Waals surface area contributed by atoms with E-state index in [1.54, 1.807) is 11.7 Å². The third-order valence-corrected chi connectivity index (χ3v) is 4.02. The number of aliphatic hydroxyl groups is 1. The van der Waals surface area contributed by atoms with Gasteiger partial charge in [-0.1, -0.05) is 12.1 Å². The minimum absolute atomic E-state index is 0.0133. The van der Waals surface area contributed by atoms with Crippen molar-refractivity contribution in [2.24, 2.45) is 0 Å². The van der Waals surface area contributed by atoms with Crippen LogP contribution in [-0.4, -0.2) is 16.7 Å². The van der Waals surface area contributed by atoms with Gasteiger partial charge in [0.2, 0.25) is 0 Å². The van der Waals surface area contributed by atoms with E-state index in [0.717, 1.165) is 10.9 Å². The first-order valence-electron chi connectivity index (χ1n) is 6.01. The Balaban J connectivity index is 2.44. The summed E-state index contributed by atoms with van der Waals surface area (Å²) in [4.78, 5) is 4.71. The van der Waals surface area contributed by atoms with E-state index in [-0.39, 0.29) is 18.6 Å². The molecule has 2 atom stereocenters. The van der Waals surface area contributed by atoms with E-state index in [1.165, 1.54) is 23.5 Å². The number of rotatable bonds is 5. The molecule has 0 aliphatic carbocycles. The predicted molar refractivity (Wildman–Crippen MR) is 71.3 cm³/mol. The van der Waals surface area contributed by atoms with Crippen molar-refractivity contribution in [1.29, 1.82) is 5.26 Å². The first-order valence-corrected chi connectivity index (χ1v) is 6.89. The molecule has 0 unspecified atom stereocenters. The van der Waals surface area contributed by atoms with Crippen LogP contribution in [0.3, 0.4) is 0 Å². The first kappa shape index (κ1) is 14.6. The van der Waals surface area contributed by atoms with Crippen LogP contribution >= 0.6 is 11.3 Å². The first-order chi connectivity index (χ1) is 9.69. The summed E-state index contributed by atoms with van der Waals surface area (Å²) in [5.74, 6) is -3.26. The molecule has 1 heterocycles. The standard InChI is InChI=1S/C14H12F2N2OS/c15-12-3-1-2-10(14(12)16)11(6-17)9(4-5-19)13-7-18-8-20-13/h1-3,7-9,11,19H,4-5H2/t9-,11-/m0/s1. The van der Waals surface area contributed by atoms with Gasteiger partial charge in [-0.3, -0.25) is 4.98 Å². The summed E-state index contributed by atoms with van der Waals surface area (Å²) in [5.41, 5.74) is 1.62. The van der Waals surface area contributed by atoms with Gasteiger partial charge in [-0.15, -0.1) is 11.3 Å². The Kier molecular flexibility index (Phi) is 4.77. The van der Waals surface area contributed by atoms with Crippen molar-refractivity contribution in [3.63, 3.8) is 0 Å². The van der Waals surface area contributed by atoms with Crippen molar-refractivity contribution in [2.45, 2.75) is 18.3 Å². The second kappa shape index (κ2) is 6.55. The quantitative estimate of drug-likeness (QED) is 0.921. The summed E-state index contributed by atoms with van der Waals surface area (Å²) < 4.78 is 27.2. The molecule has 0 amide bonds. The minimum Gasteiger partial charge on any atom is -0.396 e. The molecule has 3 nitrogen and oxygen atoms in total. The van der Waals surface area contributed by atoms with E-state index in [0.29, 0.717) is 0 Å². The van der Waals surface area contributed by atoms with E-state index in [2.05, 4.69) is 4.98 Å². The van der Waals surface area contributed by atoms with Gasteiger partial charge in [0.1, 0.15) is 0 Å². The van der Waals surface area contributed by atoms with Crippen LogP contribution in [0.5, 0.6) is 0 Å². The van der Waals surface area contributed by atoms with Crippen molar-refractivity contribution >= 4 is 11.3 Å². The van der Waals surface area contributed by atoms with Crippen molar-refractivity contribution in [1.82, 2.24) is 4.98 Å². The van der Waals surface area contributed by atoms with Crippen LogP contribution in [0.1, 0.15) is 28.7 Å². The van der Waals surface area contributed by atoms with Crippen LogP contribution in [-0.2, 0) is 0 Å². The highest BCUT2D eigenvalue weighted by molar-refractivity contribution is 7.09. The molecule has 0 saturated heterocycles. The van der Waals surface area contributed by atoms with Crippen molar-refractivity contribution in [3.05, 3.63) is 52.0 Å². The second-order valence-corrected chi connectivity index (χ2v) is 5.19. The zero-order valence-electron chi connectivity index (χ0n) is 10.5. The number of halogens is 2. The van der Waals surface area contributed by atoms with Gasteiger partial charge in [0.05, 0.1) is 17.5 Å². The molecular formula is C14H12F2N2OS. The molecule has 2 rings (SSSR count). The van der Waals surface area contributed by atoms with Gasteiger partial charge in [0.25, 0.3) is 0 Å². The van der Waals surface area contributed by atoms with Crippen LogP contribution < -0.4 is 0 Å². The average Bonchev–Trinajstić information content (AvgIpc) is 2.97. The zero-order chi connectivity index (χ0) is 14.5. The van der Waals surface area contributed by atoms with Crippen molar-refractivity contribution in [2.75, 3.05) is 6.61 Å². The zero-order valence-corrected chi connectivity index (χ0v) is 11.3. The summed E-state index contributed by atoms with van der Waals surface area (Å²) >= 11 is 1.33. The SMILES string of the molecule is N#C[C@H](c1cccc(F)c1F)[C@H](CCO)c1cncs1. The molecule has 1 aromatic carbocycles. The Bertz CT molecular complexity index is 610. The maximum atomic E-state index is 13.9. The molecule has 1 N–H and O–H groups in total. The van der Waals surface area contributed by atoms with Crippen LogP contribution in [0.2, 0.25) is 0 Å². The van der Waals surface area contributed by atoms with E-state index in [4.69, 9.17) is 5.11 Å². The van der Waals surface area contributed by atoms with Crippen LogP contribution in [0.15, 0.2) is 29.9 Å². The van der Waals surface area contributed by atoms with Crippen LogP contribution in [0.25, 0.3) is 0 Å². The topological polar surface area (TPSA) is 56.9 Å². The Hall–Kier alpha value is -1.84. The number of thiazole rings is 1. The fraction of sp³-hybridized carbons (Fsp3) is 0.286. The Morgan fingerprint density at radius 1 is 1.40 bits per heavy atom. The Morgan fingerprint density at radius 3 is 2.80 bits per heavy atom. The summed E-state index contributed by atoms with van der Waals surface area (Å²) in [6, 6.07) is 5.81. The van der Waals surface area contributed by atoms with Gasteiger partial charge in [-0.2, -0.15) is 5.26 Å². The molecule has 6 heteroatoms. The Labute approximate surface area is 119 Å². The molecule has 0 saturated carbocycles. The highest BCUT2D eigenvalue weighted by Crippen LogP contribution is 2.38. The molecule has 2 aromatic rings. The normalized spacial score (nSPS) is 13.7. The lowest BCUT2D eigenvalue weighted by atomic mass is 9.84. The molecular weight excluding hydrogens is 282 g/mol. The molecule has 1 aromatic heterocycles. The third-order valence-electron chi connectivity index (χ3n) is 3.11. The monoisotopic (exact) mass is 294 g/mol. The molecule has 0 aliphatic heterocycles. The number of nitriles is 1. The van der Waals surface area contributed by atoms with Gasteiger partial charge in [-0.25, -0.2) is 8.78 Å². The van der Waals surface area contributed by atoms with Gasteiger partial charge in [-0.05, 0) is 12.5 Å². The minimum atomic E-state index is -1.01. The van der Waals surface area contributed by atoms with E-state index in [9.17, 15) is 14.0 Å². The largest absolute Gasteiger partial charge is 0.396 e. The Morgan fingerprint density at radius 2 is 2.20 bits per heavy atom. The number of benzene rings is 1. The molecule has 104 valence electrons. The number of hydrogen-bond donors (Lipinski definition) is 1. The summed E-state index contributed by atoms with van der Waals surface area (Å²) in [6.45, 7) is -0.141. The molecule has 0 fully saturated rings.